The number of carboxylic acid groups (broad SMARTS) is 2. The van der Waals surface area contributed by atoms with Crippen molar-refractivity contribution in [2.45, 2.75) is 31.4 Å². The van der Waals surface area contributed by atoms with Crippen molar-refractivity contribution in [3.05, 3.63) is 35.1 Å². The van der Waals surface area contributed by atoms with Crippen molar-refractivity contribution < 1.29 is 42.2 Å². The highest BCUT2D eigenvalue weighted by Crippen LogP contribution is 2.42. The SMILES string of the molecule is O=C(O)C(F)(F)F.O=C(O)CCSSCCNC(=O)c1c(F)cccc1C1CC1. The van der Waals surface area contributed by atoms with Crippen molar-refractivity contribution >= 4 is 39.4 Å². The summed E-state index contributed by atoms with van der Waals surface area (Å²) in [4.78, 5) is 31.4. The number of carbonyl (C=O) groups excluding carboxylic acids is 1. The largest absolute Gasteiger partial charge is 0.490 e. The minimum atomic E-state index is -5.08. The zero-order chi connectivity index (χ0) is 22.0. The van der Waals surface area contributed by atoms with E-state index in [1.807, 2.05) is 6.07 Å². The summed E-state index contributed by atoms with van der Waals surface area (Å²) in [6, 6.07) is 4.79. The second-order valence-corrected chi connectivity index (χ2v) is 8.53. The molecule has 0 saturated heterocycles. The van der Waals surface area contributed by atoms with E-state index in [0.29, 0.717) is 24.0 Å². The van der Waals surface area contributed by atoms with Crippen LogP contribution in [0.3, 0.4) is 0 Å². The summed E-state index contributed by atoms with van der Waals surface area (Å²) in [6.07, 6.45) is -2.93. The van der Waals surface area contributed by atoms with Gasteiger partial charge in [-0.2, -0.15) is 13.2 Å². The van der Waals surface area contributed by atoms with E-state index in [4.69, 9.17) is 15.0 Å². The normalized spacial score (nSPS) is 13.2. The van der Waals surface area contributed by atoms with Crippen LogP contribution in [0, 0.1) is 5.82 Å². The van der Waals surface area contributed by atoms with Crippen molar-refractivity contribution in [2.75, 3.05) is 18.1 Å². The molecule has 1 aromatic rings. The Morgan fingerprint density at radius 1 is 1.10 bits per heavy atom. The molecule has 1 saturated carbocycles. The molecule has 0 bridgehead atoms. The fourth-order valence-corrected chi connectivity index (χ4v) is 3.94. The molecule has 162 valence electrons. The molecule has 3 N–H and O–H groups in total. The smallest absolute Gasteiger partial charge is 0.481 e. The number of aliphatic carboxylic acids is 2. The van der Waals surface area contributed by atoms with Crippen LogP contribution in [-0.2, 0) is 9.59 Å². The lowest BCUT2D eigenvalue weighted by molar-refractivity contribution is -0.192. The van der Waals surface area contributed by atoms with Crippen LogP contribution in [0.25, 0.3) is 0 Å². The molecule has 0 aliphatic heterocycles. The number of amides is 1. The van der Waals surface area contributed by atoms with Crippen LogP contribution in [0.4, 0.5) is 17.6 Å². The van der Waals surface area contributed by atoms with Crippen LogP contribution in [-0.4, -0.2) is 52.3 Å². The van der Waals surface area contributed by atoms with E-state index in [2.05, 4.69) is 5.32 Å². The molecule has 0 aromatic heterocycles. The molecular weight excluding hydrogens is 438 g/mol. The number of halogens is 4. The Balaban J connectivity index is 0.000000516. The quantitative estimate of drug-likeness (QED) is 0.293. The number of hydrogen-bond acceptors (Lipinski definition) is 5. The van der Waals surface area contributed by atoms with Crippen LogP contribution in [0.2, 0.25) is 0 Å². The van der Waals surface area contributed by atoms with Gasteiger partial charge in [0.25, 0.3) is 5.91 Å². The van der Waals surface area contributed by atoms with Crippen molar-refractivity contribution in [2.24, 2.45) is 0 Å². The van der Waals surface area contributed by atoms with E-state index in [1.165, 1.54) is 27.7 Å². The van der Waals surface area contributed by atoms with Crippen LogP contribution in [0.5, 0.6) is 0 Å². The van der Waals surface area contributed by atoms with Gasteiger partial charge in [-0.1, -0.05) is 33.7 Å². The number of hydrogen-bond donors (Lipinski definition) is 3. The summed E-state index contributed by atoms with van der Waals surface area (Å²) >= 11 is 0. The summed E-state index contributed by atoms with van der Waals surface area (Å²) in [5.41, 5.74) is 0.981. The summed E-state index contributed by atoms with van der Waals surface area (Å²) in [7, 11) is 2.97. The fourth-order valence-electron chi connectivity index (χ4n) is 2.06. The topological polar surface area (TPSA) is 104 Å². The van der Waals surface area contributed by atoms with Gasteiger partial charge in [0.2, 0.25) is 0 Å². The van der Waals surface area contributed by atoms with Gasteiger partial charge in [0, 0.05) is 18.1 Å². The first kappa shape index (κ1) is 25.1. The molecule has 0 atom stereocenters. The standard InChI is InChI=1S/C15H18FNO3S2.C2HF3O2/c16-12-3-1-2-11(10-4-5-10)14(12)15(20)17-7-9-22-21-8-6-13(18)19;3-2(4,5)1(6)7/h1-3,10H,4-9H2,(H,17,20)(H,18,19);(H,6,7). The van der Waals surface area contributed by atoms with E-state index in [9.17, 15) is 27.2 Å². The minimum Gasteiger partial charge on any atom is -0.481 e. The number of carboxylic acids is 2. The maximum Gasteiger partial charge on any atom is 0.490 e. The first-order valence-corrected chi connectivity index (χ1v) is 10.9. The Hall–Kier alpha value is -1.95. The first-order chi connectivity index (χ1) is 13.5. The monoisotopic (exact) mass is 457 g/mol. The highest BCUT2D eigenvalue weighted by atomic mass is 33.1. The van der Waals surface area contributed by atoms with Crippen molar-refractivity contribution in [3.63, 3.8) is 0 Å². The molecule has 1 aromatic carbocycles. The third kappa shape index (κ3) is 9.88. The van der Waals surface area contributed by atoms with Gasteiger partial charge >= 0.3 is 18.1 Å². The number of benzene rings is 1. The second kappa shape index (κ2) is 11.9. The number of nitrogens with one attached hydrogen (secondary N) is 1. The maximum absolute atomic E-state index is 13.9. The molecule has 1 fully saturated rings. The molecule has 0 spiro atoms. The average Bonchev–Trinajstić information content (AvgIpc) is 3.45. The van der Waals surface area contributed by atoms with Gasteiger partial charge in [0.15, 0.2) is 0 Å². The Morgan fingerprint density at radius 2 is 1.69 bits per heavy atom. The first-order valence-electron chi connectivity index (χ1n) is 8.37. The molecule has 1 aliphatic carbocycles. The van der Waals surface area contributed by atoms with Gasteiger partial charge in [-0.3, -0.25) is 9.59 Å². The number of carbonyl (C=O) groups is 3. The molecule has 12 heteroatoms. The Morgan fingerprint density at radius 3 is 2.21 bits per heavy atom. The van der Waals surface area contributed by atoms with Gasteiger partial charge in [-0.05, 0) is 30.4 Å². The molecule has 0 radical (unpaired) electrons. The third-order valence-corrected chi connectivity index (χ3v) is 5.89. The number of rotatable bonds is 9. The van der Waals surface area contributed by atoms with Gasteiger partial charge in [-0.25, -0.2) is 9.18 Å². The summed E-state index contributed by atoms with van der Waals surface area (Å²) in [5.74, 6) is -2.89. The second-order valence-electron chi connectivity index (χ2n) is 5.82. The summed E-state index contributed by atoms with van der Waals surface area (Å²) < 4.78 is 45.7. The van der Waals surface area contributed by atoms with Crippen LogP contribution >= 0.6 is 21.6 Å². The van der Waals surface area contributed by atoms with E-state index >= 15 is 0 Å². The van der Waals surface area contributed by atoms with Crippen LogP contribution < -0.4 is 5.32 Å². The molecule has 0 heterocycles. The third-order valence-electron chi connectivity index (χ3n) is 3.49. The highest BCUT2D eigenvalue weighted by molar-refractivity contribution is 8.76. The fraction of sp³-hybridized carbons (Fsp3) is 0.471. The molecule has 2 rings (SSSR count). The van der Waals surface area contributed by atoms with Crippen molar-refractivity contribution in [1.29, 1.82) is 0 Å². The van der Waals surface area contributed by atoms with Crippen LogP contribution in [0.15, 0.2) is 18.2 Å². The van der Waals surface area contributed by atoms with Gasteiger partial charge < -0.3 is 15.5 Å². The molecule has 0 unspecified atom stereocenters. The maximum atomic E-state index is 13.9. The van der Waals surface area contributed by atoms with Crippen molar-refractivity contribution in [1.82, 2.24) is 5.32 Å². The van der Waals surface area contributed by atoms with E-state index < -0.39 is 23.9 Å². The minimum absolute atomic E-state index is 0.129. The van der Waals surface area contributed by atoms with Crippen molar-refractivity contribution in [3.8, 4) is 0 Å². The van der Waals surface area contributed by atoms with E-state index in [-0.39, 0.29) is 17.9 Å². The van der Waals surface area contributed by atoms with E-state index in [1.54, 1.807) is 6.07 Å². The zero-order valence-electron chi connectivity index (χ0n) is 15.0. The zero-order valence-corrected chi connectivity index (χ0v) is 16.6. The Bertz CT molecular complexity index is 726. The lowest BCUT2D eigenvalue weighted by atomic mass is 10.0. The van der Waals surface area contributed by atoms with Gasteiger partial charge in [0.05, 0.1) is 12.0 Å². The van der Waals surface area contributed by atoms with E-state index in [0.717, 1.165) is 18.4 Å². The average molecular weight is 457 g/mol. The number of alkyl halides is 3. The lowest BCUT2D eigenvalue weighted by Gasteiger charge is -2.10. The van der Waals surface area contributed by atoms with Gasteiger partial charge in [-0.15, -0.1) is 0 Å². The Kier molecular flexibility index (Phi) is 10.3. The molecule has 29 heavy (non-hydrogen) atoms. The molecular formula is C17H19F4NO5S2. The summed E-state index contributed by atoms with van der Waals surface area (Å²) in [6.45, 7) is 0.433. The molecule has 1 amide bonds. The highest BCUT2D eigenvalue weighted by Gasteiger charge is 2.38. The predicted molar refractivity (Wildman–Crippen MR) is 102 cm³/mol. The Labute approximate surface area is 171 Å². The molecule has 6 nitrogen and oxygen atoms in total. The lowest BCUT2D eigenvalue weighted by Crippen LogP contribution is -2.27. The van der Waals surface area contributed by atoms with Gasteiger partial charge in [0.1, 0.15) is 5.82 Å². The summed E-state index contributed by atoms with van der Waals surface area (Å²) in [5, 5.41) is 18.4. The van der Waals surface area contributed by atoms with Crippen LogP contribution in [0.1, 0.15) is 41.1 Å². The molecule has 1 aliphatic rings. The predicted octanol–water partition coefficient (Wildman–Crippen LogP) is 3.92.